The maximum atomic E-state index is 6.06. The Morgan fingerprint density at radius 1 is 1.15 bits per heavy atom. The van der Waals surface area contributed by atoms with E-state index in [2.05, 4.69) is 27.4 Å². The van der Waals surface area contributed by atoms with Crippen LogP contribution in [-0.2, 0) is 0 Å². The molecule has 20 heavy (non-hydrogen) atoms. The van der Waals surface area contributed by atoms with E-state index in [1.165, 1.54) is 0 Å². The molecule has 0 radical (unpaired) electrons. The van der Waals surface area contributed by atoms with Gasteiger partial charge in [0.25, 0.3) is 0 Å². The molecular formula is C15H21N5. The van der Waals surface area contributed by atoms with E-state index in [1.54, 1.807) is 6.20 Å². The molecule has 0 fully saturated rings. The van der Waals surface area contributed by atoms with Gasteiger partial charge < -0.3 is 11.1 Å². The Balaban J connectivity index is 1.99. The molecule has 2 heterocycles. The highest BCUT2D eigenvalue weighted by molar-refractivity contribution is 5.54. The molecule has 0 bridgehead atoms. The highest BCUT2D eigenvalue weighted by Crippen LogP contribution is 2.16. The lowest BCUT2D eigenvalue weighted by atomic mass is 9.90. The van der Waals surface area contributed by atoms with Crippen LogP contribution in [0.5, 0.6) is 0 Å². The molecule has 5 nitrogen and oxygen atoms in total. The van der Waals surface area contributed by atoms with Gasteiger partial charge in [-0.3, -0.25) is 4.98 Å². The molecule has 0 saturated carbocycles. The minimum atomic E-state index is -0.214. The molecule has 106 valence electrons. The van der Waals surface area contributed by atoms with Crippen LogP contribution in [0.4, 0.5) is 5.82 Å². The number of rotatable bonds is 5. The van der Waals surface area contributed by atoms with Crippen LogP contribution >= 0.6 is 0 Å². The Kier molecular flexibility index (Phi) is 4.29. The molecule has 0 aromatic carbocycles. The van der Waals surface area contributed by atoms with E-state index < -0.39 is 0 Å². The van der Waals surface area contributed by atoms with E-state index in [4.69, 9.17) is 5.73 Å². The van der Waals surface area contributed by atoms with Crippen molar-refractivity contribution in [1.29, 1.82) is 0 Å². The summed E-state index contributed by atoms with van der Waals surface area (Å²) < 4.78 is 0. The summed E-state index contributed by atoms with van der Waals surface area (Å²) in [6, 6.07) is 9.54. The molecule has 0 saturated heterocycles. The number of nitrogens with zero attached hydrogens (tertiary/aromatic N) is 3. The summed E-state index contributed by atoms with van der Waals surface area (Å²) in [5.74, 6) is 1.08. The summed E-state index contributed by atoms with van der Waals surface area (Å²) in [6.45, 7) is 6.92. The summed E-state index contributed by atoms with van der Waals surface area (Å²) in [4.78, 5) is 4.25. The van der Waals surface area contributed by atoms with Crippen LogP contribution in [-0.4, -0.2) is 27.3 Å². The van der Waals surface area contributed by atoms with E-state index in [0.717, 1.165) is 23.8 Å². The van der Waals surface area contributed by atoms with Crippen molar-refractivity contribution < 1.29 is 0 Å². The van der Waals surface area contributed by atoms with Gasteiger partial charge in [0.05, 0.1) is 5.69 Å². The van der Waals surface area contributed by atoms with Gasteiger partial charge in [-0.05, 0) is 44.0 Å². The molecule has 1 atom stereocenters. The number of anilines is 1. The molecule has 0 aliphatic rings. The fraction of sp³-hybridized carbons (Fsp3) is 0.400. The lowest BCUT2D eigenvalue weighted by Crippen LogP contribution is -2.42. The summed E-state index contributed by atoms with van der Waals surface area (Å²) in [7, 11) is 0. The van der Waals surface area contributed by atoms with Gasteiger partial charge in [-0.15, -0.1) is 10.2 Å². The lowest BCUT2D eigenvalue weighted by Gasteiger charge is -2.27. The van der Waals surface area contributed by atoms with Crippen molar-refractivity contribution in [1.82, 2.24) is 15.2 Å². The monoisotopic (exact) mass is 271 g/mol. The molecule has 0 aliphatic heterocycles. The first-order valence-corrected chi connectivity index (χ1v) is 6.74. The third-order valence-corrected chi connectivity index (χ3v) is 3.45. The fourth-order valence-corrected chi connectivity index (χ4v) is 1.60. The third-order valence-electron chi connectivity index (χ3n) is 3.45. The first-order chi connectivity index (χ1) is 9.47. The highest BCUT2D eigenvalue weighted by Gasteiger charge is 2.20. The summed E-state index contributed by atoms with van der Waals surface area (Å²) in [5, 5.41) is 11.6. The molecule has 1 unspecified atom stereocenters. The van der Waals surface area contributed by atoms with E-state index in [0.29, 0.717) is 5.92 Å². The topological polar surface area (TPSA) is 76.7 Å². The number of hydrogen-bond acceptors (Lipinski definition) is 5. The van der Waals surface area contributed by atoms with Crippen LogP contribution in [0, 0.1) is 5.92 Å². The maximum Gasteiger partial charge on any atom is 0.148 e. The molecule has 0 aliphatic carbocycles. The largest absolute Gasteiger partial charge is 0.368 e. The van der Waals surface area contributed by atoms with Gasteiger partial charge in [0.15, 0.2) is 0 Å². The second kappa shape index (κ2) is 5.96. The van der Waals surface area contributed by atoms with Crippen molar-refractivity contribution >= 4 is 5.82 Å². The number of nitrogens with two attached hydrogens (primary N) is 1. The smallest absolute Gasteiger partial charge is 0.148 e. The van der Waals surface area contributed by atoms with Gasteiger partial charge in [0, 0.05) is 18.3 Å². The van der Waals surface area contributed by atoms with Gasteiger partial charge in [-0.25, -0.2) is 0 Å². The van der Waals surface area contributed by atoms with Gasteiger partial charge >= 0.3 is 0 Å². The first-order valence-electron chi connectivity index (χ1n) is 6.74. The molecule has 3 N–H and O–H groups in total. The summed E-state index contributed by atoms with van der Waals surface area (Å²) in [5.41, 5.74) is 7.43. The van der Waals surface area contributed by atoms with Gasteiger partial charge in [0.2, 0.25) is 0 Å². The quantitative estimate of drug-likeness (QED) is 0.872. The second-order valence-corrected chi connectivity index (χ2v) is 5.62. The second-order valence-electron chi connectivity index (χ2n) is 5.62. The maximum absolute atomic E-state index is 6.06. The Morgan fingerprint density at radius 2 is 1.95 bits per heavy atom. The molecular weight excluding hydrogens is 250 g/mol. The van der Waals surface area contributed by atoms with Crippen LogP contribution in [0.2, 0.25) is 0 Å². The minimum Gasteiger partial charge on any atom is -0.368 e. The SMILES string of the molecule is CC(CNc1ccc(-c2ccccn2)nn1)C(C)(C)N. The average molecular weight is 271 g/mol. The van der Waals surface area contributed by atoms with Crippen molar-refractivity contribution in [3.05, 3.63) is 36.5 Å². The lowest BCUT2D eigenvalue weighted by molar-refractivity contribution is 0.361. The molecule has 2 aromatic rings. The van der Waals surface area contributed by atoms with Crippen molar-refractivity contribution in [3.63, 3.8) is 0 Å². The Morgan fingerprint density at radius 3 is 2.50 bits per heavy atom. The van der Waals surface area contributed by atoms with Crippen LogP contribution in [0.1, 0.15) is 20.8 Å². The van der Waals surface area contributed by atoms with E-state index >= 15 is 0 Å². The predicted molar refractivity (Wildman–Crippen MR) is 81.2 cm³/mol. The average Bonchev–Trinajstić information content (AvgIpc) is 2.45. The normalized spacial score (nSPS) is 13.0. The van der Waals surface area contributed by atoms with Crippen LogP contribution < -0.4 is 11.1 Å². The third kappa shape index (κ3) is 3.74. The Bertz CT molecular complexity index is 530. The zero-order valence-electron chi connectivity index (χ0n) is 12.2. The molecule has 2 aromatic heterocycles. The zero-order valence-corrected chi connectivity index (χ0v) is 12.2. The van der Waals surface area contributed by atoms with Crippen LogP contribution in [0.3, 0.4) is 0 Å². The summed E-state index contributed by atoms with van der Waals surface area (Å²) >= 11 is 0. The zero-order chi connectivity index (χ0) is 14.6. The van der Waals surface area contributed by atoms with Crippen molar-refractivity contribution in [3.8, 4) is 11.4 Å². The molecule has 5 heteroatoms. The van der Waals surface area contributed by atoms with E-state index in [1.807, 2.05) is 44.2 Å². The highest BCUT2D eigenvalue weighted by atomic mass is 15.2. The van der Waals surface area contributed by atoms with Crippen molar-refractivity contribution in [2.24, 2.45) is 11.7 Å². The molecule has 0 spiro atoms. The fourth-order valence-electron chi connectivity index (χ4n) is 1.60. The van der Waals surface area contributed by atoms with E-state index in [-0.39, 0.29) is 5.54 Å². The van der Waals surface area contributed by atoms with Crippen molar-refractivity contribution in [2.45, 2.75) is 26.3 Å². The Hall–Kier alpha value is -2.01. The van der Waals surface area contributed by atoms with Gasteiger partial charge in [-0.1, -0.05) is 13.0 Å². The number of aromatic nitrogens is 3. The number of hydrogen-bond donors (Lipinski definition) is 2. The van der Waals surface area contributed by atoms with Crippen LogP contribution in [0.25, 0.3) is 11.4 Å². The number of nitrogens with one attached hydrogen (secondary N) is 1. The predicted octanol–water partition coefficient (Wildman–Crippen LogP) is 2.32. The minimum absolute atomic E-state index is 0.214. The summed E-state index contributed by atoms with van der Waals surface area (Å²) in [6.07, 6.45) is 1.74. The molecule has 2 rings (SSSR count). The standard InChI is InChI=1S/C15H21N5/c1-11(15(2,3)16)10-18-14-8-7-13(19-20-14)12-6-4-5-9-17-12/h4-9,11H,10,16H2,1-3H3,(H,18,20). The number of pyridine rings is 1. The van der Waals surface area contributed by atoms with Crippen LogP contribution in [0.15, 0.2) is 36.5 Å². The molecule has 0 amide bonds. The Labute approximate surface area is 119 Å². The van der Waals surface area contributed by atoms with Crippen molar-refractivity contribution in [2.75, 3.05) is 11.9 Å². The van der Waals surface area contributed by atoms with Gasteiger partial charge in [-0.2, -0.15) is 0 Å². The first kappa shape index (κ1) is 14.4. The van der Waals surface area contributed by atoms with E-state index in [9.17, 15) is 0 Å². The van der Waals surface area contributed by atoms with Gasteiger partial charge in [0.1, 0.15) is 11.5 Å².